The first-order valence-electron chi connectivity index (χ1n) is 8.55. The maximum absolute atomic E-state index is 12.7. The van der Waals surface area contributed by atoms with Crippen molar-refractivity contribution in [2.45, 2.75) is 58.9 Å². The van der Waals surface area contributed by atoms with Gasteiger partial charge in [-0.1, -0.05) is 25.3 Å². The summed E-state index contributed by atoms with van der Waals surface area (Å²) in [5.41, 5.74) is 1.57. The number of amides is 1. The van der Waals surface area contributed by atoms with Crippen molar-refractivity contribution in [1.82, 2.24) is 5.06 Å². The van der Waals surface area contributed by atoms with E-state index in [9.17, 15) is 14.4 Å². The van der Waals surface area contributed by atoms with Crippen LogP contribution in [0.15, 0.2) is 18.2 Å². The number of carbonyl (C=O) groups excluding carboxylic acids is 3. The summed E-state index contributed by atoms with van der Waals surface area (Å²) < 4.78 is 0. The summed E-state index contributed by atoms with van der Waals surface area (Å²) in [6, 6.07) is 4.51. The number of hydrogen-bond acceptors (Lipinski definition) is 4. The number of carbonyl (C=O) groups is 3. The Balaban J connectivity index is 2.11. The molecule has 0 unspecified atom stereocenters. The van der Waals surface area contributed by atoms with E-state index >= 15 is 0 Å². The summed E-state index contributed by atoms with van der Waals surface area (Å²) in [5, 5.41) is 1.21. The SMILES string of the molecule is Cc1cc(C(=O)ON(C(=O)C2CCCCC2)C(C)C)ccc1C=O. The Morgan fingerprint density at radius 1 is 1.21 bits per heavy atom. The fourth-order valence-electron chi connectivity index (χ4n) is 3.01. The number of benzene rings is 1. The van der Waals surface area contributed by atoms with Crippen molar-refractivity contribution in [2.75, 3.05) is 0 Å². The lowest BCUT2D eigenvalue weighted by molar-refractivity contribution is -0.180. The van der Waals surface area contributed by atoms with Crippen LogP contribution in [0.3, 0.4) is 0 Å². The maximum atomic E-state index is 12.7. The Morgan fingerprint density at radius 3 is 2.42 bits per heavy atom. The van der Waals surface area contributed by atoms with E-state index in [1.54, 1.807) is 25.1 Å². The summed E-state index contributed by atoms with van der Waals surface area (Å²) in [7, 11) is 0. The second-order valence-electron chi connectivity index (χ2n) is 6.66. The van der Waals surface area contributed by atoms with Crippen LogP contribution in [0, 0.1) is 12.8 Å². The van der Waals surface area contributed by atoms with Crippen LogP contribution in [0.4, 0.5) is 0 Å². The Labute approximate surface area is 142 Å². The quantitative estimate of drug-likeness (QED) is 0.623. The number of nitrogens with zero attached hydrogens (tertiary/aromatic N) is 1. The normalized spacial score (nSPS) is 15.2. The monoisotopic (exact) mass is 331 g/mol. The minimum Gasteiger partial charge on any atom is -0.332 e. The zero-order valence-electron chi connectivity index (χ0n) is 14.6. The average Bonchev–Trinajstić information content (AvgIpc) is 2.59. The van der Waals surface area contributed by atoms with Crippen molar-refractivity contribution in [2.24, 2.45) is 5.92 Å². The lowest BCUT2D eigenvalue weighted by Gasteiger charge is -2.30. The highest BCUT2D eigenvalue weighted by atomic mass is 16.7. The molecule has 1 aromatic rings. The average molecular weight is 331 g/mol. The van der Waals surface area contributed by atoms with Crippen LogP contribution >= 0.6 is 0 Å². The molecule has 0 heterocycles. The first kappa shape index (κ1) is 18.2. The zero-order chi connectivity index (χ0) is 17.7. The van der Waals surface area contributed by atoms with Crippen molar-refractivity contribution >= 4 is 18.2 Å². The first-order chi connectivity index (χ1) is 11.4. The van der Waals surface area contributed by atoms with Gasteiger partial charge in [0.2, 0.25) is 0 Å². The minimum atomic E-state index is -0.576. The Hall–Kier alpha value is -2.17. The molecule has 0 spiro atoms. The number of rotatable bonds is 4. The van der Waals surface area contributed by atoms with Gasteiger partial charge in [0.05, 0.1) is 11.6 Å². The third kappa shape index (κ3) is 4.22. The second-order valence-corrected chi connectivity index (χ2v) is 6.66. The number of aryl methyl sites for hydroxylation is 1. The zero-order valence-corrected chi connectivity index (χ0v) is 14.6. The summed E-state index contributed by atoms with van der Waals surface area (Å²) in [4.78, 5) is 41.3. The molecule has 1 saturated carbocycles. The van der Waals surface area contributed by atoms with E-state index in [4.69, 9.17) is 4.84 Å². The molecule has 130 valence electrons. The van der Waals surface area contributed by atoms with Gasteiger partial charge in [-0.25, -0.2) is 4.79 Å². The standard InChI is InChI=1S/C19H25NO4/c1-13(2)20(18(22)15-7-5-4-6-8-15)24-19(23)16-9-10-17(12-21)14(3)11-16/h9-13,15H,4-8H2,1-3H3. The van der Waals surface area contributed by atoms with Crippen molar-refractivity contribution < 1.29 is 19.2 Å². The van der Waals surface area contributed by atoms with Crippen LogP contribution in [0.2, 0.25) is 0 Å². The van der Waals surface area contributed by atoms with E-state index in [0.29, 0.717) is 16.7 Å². The summed E-state index contributed by atoms with van der Waals surface area (Å²) in [6.07, 6.45) is 5.70. The molecule has 24 heavy (non-hydrogen) atoms. The Bertz CT molecular complexity index is 618. The van der Waals surface area contributed by atoms with Gasteiger partial charge in [-0.15, -0.1) is 0 Å². The van der Waals surface area contributed by atoms with Crippen LogP contribution in [-0.4, -0.2) is 29.3 Å². The van der Waals surface area contributed by atoms with Gasteiger partial charge in [0.15, 0.2) is 0 Å². The van der Waals surface area contributed by atoms with Gasteiger partial charge < -0.3 is 4.84 Å². The molecule has 1 aromatic carbocycles. The Kier molecular flexibility index (Phi) is 6.12. The molecule has 0 radical (unpaired) electrons. The summed E-state index contributed by atoms with van der Waals surface area (Å²) in [6.45, 7) is 5.41. The molecule has 2 rings (SSSR count). The molecular formula is C19H25NO4. The third-order valence-corrected chi connectivity index (χ3v) is 4.45. The molecule has 5 nitrogen and oxygen atoms in total. The molecule has 0 N–H and O–H groups in total. The van der Waals surface area contributed by atoms with Gasteiger partial charge in [-0.3, -0.25) is 9.59 Å². The van der Waals surface area contributed by atoms with E-state index in [2.05, 4.69) is 0 Å². The third-order valence-electron chi connectivity index (χ3n) is 4.45. The summed E-state index contributed by atoms with van der Waals surface area (Å²) >= 11 is 0. The van der Waals surface area contributed by atoms with Crippen molar-refractivity contribution in [1.29, 1.82) is 0 Å². The van der Waals surface area contributed by atoms with E-state index in [0.717, 1.165) is 38.4 Å². The smallest absolute Gasteiger partial charge is 0.332 e. The van der Waals surface area contributed by atoms with Crippen molar-refractivity contribution in [3.8, 4) is 0 Å². The Morgan fingerprint density at radius 2 is 1.88 bits per heavy atom. The predicted octanol–water partition coefficient (Wildman–Crippen LogP) is 3.70. The highest BCUT2D eigenvalue weighted by Crippen LogP contribution is 2.26. The van der Waals surface area contributed by atoms with Gasteiger partial charge >= 0.3 is 5.97 Å². The lowest BCUT2D eigenvalue weighted by Crippen LogP contribution is -2.42. The van der Waals surface area contributed by atoms with Gasteiger partial charge in [0.1, 0.15) is 6.29 Å². The maximum Gasteiger partial charge on any atom is 0.363 e. The molecule has 0 saturated heterocycles. The fraction of sp³-hybridized carbons (Fsp3) is 0.526. The summed E-state index contributed by atoms with van der Waals surface area (Å²) in [5.74, 6) is -0.749. The van der Waals surface area contributed by atoms with Gasteiger partial charge in [0.25, 0.3) is 5.91 Å². The van der Waals surface area contributed by atoms with Crippen molar-refractivity contribution in [3.05, 3.63) is 34.9 Å². The molecule has 1 aliphatic rings. The van der Waals surface area contributed by atoms with Crippen molar-refractivity contribution in [3.63, 3.8) is 0 Å². The van der Waals surface area contributed by atoms with Gasteiger partial charge in [-0.05, 0) is 51.3 Å². The molecule has 1 amide bonds. The first-order valence-corrected chi connectivity index (χ1v) is 8.55. The van der Waals surface area contributed by atoms with Crippen LogP contribution in [0.1, 0.15) is 72.2 Å². The van der Waals surface area contributed by atoms with E-state index in [1.807, 2.05) is 13.8 Å². The molecule has 5 heteroatoms. The number of aldehydes is 1. The lowest BCUT2D eigenvalue weighted by atomic mass is 9.88. The molecule has 1 aliphatic carbocycles. The molecule has 0 aromatic heterocycles. The highest BCUT2D eigenvalue weighted by Gasteiger charge is 2.30. The highest BCUT2D eigenvalue weighted by molar-refractivity contribution is 5.92. The van der Waals surface area contributed by atoms with E-state index < -0.39 is 5.97 Å². The predicted molar refractivity (Wildman–Crippen MR) is 90.5 cm³/mol. The van der Waals surface area contributed by atoms with Crippen LogP contribution < -0.4 is 0 Å². The molecule has 0 atom stereocenters. The molecule has 0 aliphatic heterocycles. The number of hydrogen-bond donors (Lipinski definition) is 0. The van der Waals surface area contributed by atoms with E-state index in [1.165, 1.54) is 5.06 Å². The second kappa shape index (κ2) is 8.08. The largest absolute Gasteiger partial charge is 0.363 e. The fourth-order valence-corrected chi connectivity index (χ4v) is 3.01. The van der Waals surface area contributed by atoms with Crippen LogP contribution in [0.25, 0.3) is 0 Å². The molecular weight excluding hydrogens is 306 g/mol. The van der Waals surface area contributed by atoms with Gasteiger partial charge in [0, 0.05) is 11.5 Å². The molecule has 1 fully saturated rings. The van der Waals surface area contributed by atoms with Crippen LogP contribution in [-0.2, 0) is 9.63 Å². The topological polar surface area (TPSA) is 63.7 Å². The number of hydroxylamine groups is 2. The molecule has 0 bridgehead atoms. The van der Waals surface area contributed by atoms with Crippen LogP contribution in [0.5, 0.6) is 0 Å². The van der Waals surface area contributed by atoms with E-state index in [-0.39, 0.29) is 17.9 Å². The minimum absolute atomic E-state index is 0.0619. The van der Waals surface area contributed by atoms with Gasteiger partial charge in [-0.2, -0.15) is 5.06 Å².